The van der Waals surface area contributed by atoms with Crippen molar-refractivity contribution < 1.29 is 8.42 Å². The van der Waals surface area contributed by atoms with Crippen LogP contribution in [0.2, 0.25) is 0 Å². The van der Waals surface area contributed by atoms with E-state index in [-0.39, 0.29) is 6.04 Å². The van der Waals surface area contributed by atoms with Gasteiger partial charge in [-0.3, -0.25) is 0 Å². The molecule has 108 valence electrons. The first-order chi connectivity index (χ1) is 8.97. The number of aryl methyl sites for hydroxylation is 1. The van der Waals surface area contributed by atoms with Gasteiger partial charge in [0.05, 0.1) is 4.90 Å². The van der Waals surface area contributed by atoms with Gasteiger partial charge in [0.2, 0.25) is 10.0 Å². The standard InChI is InChI=1S/C12H21N3O2S2/c1-15-8-10(6-9(15)7-13)19(16,17)14-11-4-3-5-12(11)18-2/h6,8,11-12,14H,3-5,7,13H2,1-2H3. The van der Waals surface area contributed by atoms with Crippen molar-refractivity contribution in [1.29, 1.82) is 0 Å². The molecule has 3 N–H and O–H groups in total. The van der Waals surface area contributed by atoms with E-state index < -0.39 is 10.0 Å². The fourth-order valence-corrected chi connectivity index (χ4v) is 4.96. The molecule has 2 unspecified atom stereocenters. The van der Waals surface area contributed by atoms with Crippen LogP contribution >= 0.6 is 11.8 Å². The average molecular weight is 303 g/mol. The summed E-state index contributed by atoms with van der Waals surface area (Å²) in [5.41, 5.74) is 6.39. The van der Waals surface area contributed by atoms with E-state index in [1.54, 1.807) is 28.6 Å². The zero-order valence-corrected chi connectivity index (χ0v) is 12.9. The number of rotatable bonds is 5. The van der Waals surface area contributed by atoms with Crippen LogP contribution in [0.5, 0.6) is 0 Å². The molecule has 1 aromatic heterocycles. The van der Waals surface area contributed by atoms with E-state index in [1.807, 2.05) is 13.3 Å². The zero-order valence-electron chi connectivity index (χ0n) is 11.3. The Labute approximate surface area is 119 Å². The number of hydrogen-bond acceptors (Lipinski definition) is 4. The highest BCUT2D eigenvalue weighted by Crippen LogP contribution is 2.29. The van der Waals surface area contributed by atoms with Crippen LogP contribution in [0.1, 0.15) is 25.0 Å². The first-order valence-electron chi connectivity index (χ1n) is 6.38. The molecule has 0 saturated heterocycles. The number of thioether (sulfide) groups is 1. The predicted molar refractivity (Wildman–Crippen MR) is 78.6 cm³/mol. The quantitative estimate of drug-likeness (QED) is 0.852. The van der Waals surface area contributed by atoms with E-state index in [0.29, 0.717) is 16.7 Å². The van der Waals surface area contributed by atoms with E-state index in [9.17, 15) is 8.42 Å². The van der Waals surface area contributed by atoms with Gasteiger partial charge in [-0.2, -0.15) is 11.8 Å². The summed E-state index contributed by atoms with van der Waals surface area (Å²) in [5.74, 6) is 0. The molecule has 0 amide bonds. The topological polar surface area (TPSA) is 77.1 Å². The van der Waals surface area contributed by atoms with E-state index in [0.717, 1.165) is 25.0 Å². The van der Waals surface area contributed by atoms with E-state index in [1.165, 1.54) is 0 Å². The molecule has 1 saturated carbocycles. The number of aromatic nitrogens is 1. The summed E-state index contributed by atoms with van der Waals surface area (Å²) in [6.07, 6.45) is 6.74. The monoisotopic (exact) mass is 303 g/mol. The highest BCUT2D eigenvalue weighted by Gasteiger charge is 2.31. The summed E-state index contributed by atoms with van der Waals surface area (Å²) in [6, 6.07) is 1.69. The normalized spacial score (nSPS) is 23.9. The first-order valence-corrected chi connectivity index (χ1v) is 9.15. The molecule has 0 spiro atoms. The van der Waals surface area contributed by atoms with E-state index >= 15 is 0 Å². The third-order valence-electron chi connectivity index (χ3n) is 3.66. The van der Waals surface area contributed by atoms with Gasteiger partial charge in [-0.25, -0.2) is 13.1 Å². The van der Waals surface area contributed by atoms with Gasteiger partial charge in [0.25, 0.3) is 0 Å². The van der Waals surface area contributed by atoms with Crippen LogP contribution < -0.4 is 10.5 Å². The van der Waals surface area contributed by atoms with Crippen molar-refractivity contribution in [2.75, 3.05) is 6.26 Å². The lowest BCUT2D eigenvalue weighted by molar-refractivity contribution is 0.555. The van der Waals surface area contributed by atoms with Gasteiger partial charge >= 0.3 is 0 Å². The van der Waals surface area contributed by atoms with Crippen LogP contribution in [0, 0.1) is 0 Å². The van der Waals surface area contributed by atoms with E-state index in [4.69, 9.17) is 5.73 Å². The molecule has 19 heavy (non-hydrogen) atoms. The Hall–Kier alpha value is -0.500. The van der Waals surface area contributed by atoms with Crippen molar-refractivity contribution in [3.8, 4) is 0 Å². The number of sulfonamides is 1. The van der Waals surface area contributed by atoms with Gasteiger partial charge in [0, 0.05) is 36.8 Å². The van der Waals surface area contributed by atoms with Crippen LogP contribution in [-0.4, -0.2) is 30.5 Å². The number of nitrogens with zero attached hydrogens (tertiary/aromatic N) is 1. The maximum atomic E-state index is 12.4. The minimum Gasteiger partial charge on any atom is -0.352 e. The molecule has 1 aromatic rings. The molecule has 2 atom stereocenters. The highest BCUT2D eigenvalue weighted by molar-refractivity contribution is 7.99. The van der Waals surface area contributed by atoms with Crippen LogP contribution in [0.4, 0.5) is 0 Å². The maximum absolute atomic E-state index is 12.4. The number of nitrogens with one attached hydrogen (secondary N) is 1. The maximum Gasteiger partial charge on any atom is 0.242 e. The molecule has 0 aliphatic heterocycles. The van der Waals surface area contributed by atoms with Crippen LogP contribution in [0.3, 0.4) is 0 Å². The van der Waals surface area contributed by atoms with Crippen molar-refractivity contribution >= 4 is 21.8 Å². The van der Waals surface area contributed by atoms with Crippen LogP contribution in [0.25, 0.3) is 0 Å². The van der Waals surface area contributed by atoms with Crippen molar-refractivity contribution in [2.45, 2.75) is 42.0 Å². The average Bonchev–Trinajstić information content (AvgIpc) is 2.95. The molecule has 2 rings (SSSR count). The van der Waals surface area contributed by atoms with Gasteiger partial charge in [0.15, 0.2) is 0 Å². The van der Waals surface area contributed by atoms with Gasteiger partial charge in [-0.05, 0) is 25.2 Å². The summed E-state index contributed by atoms with van der Waals surface area (Å²) in [4.78, 5) is 0.308. The molecule has 1 heterocycles. The Morgan fingerprint density at radius 1 is 1.53 bits per heavy atom. The zero-order chi connectivity index (χ0) is 14.0. The molecule has 0 bridgehead atoms. The van der Waals surface area contributed by atoms with Gasteiger partial charge in [0.1, 0.15) is 0 Å². The summed E-state index contributed by atoms with van der Waals surface area (Å²) in [7, 11) is -1.63. The summed E-state index contributed by atoms with van der Waals surface area (Å²) in [6.45, 7) is 0.336. The lowest BCUT2D eigenvalue weighted by Gasteiger charge is -2.18. The number of nitrogens with two attached hydrogens (primary N) is 1. The molecular formula is C12H21N3O2S2. The largest absolute Gasteiger partial charge is 0.352 e. The highest BCUT2D eigenvalue weighted by atomic mass is 32.2. The Morgan fingerprint density at radius 3 is 2.84 bits per heavy atom. The van der Waals surface area contributed by atoms with Crippen molar-refractivity contribution in [1.82, 2.24) is 9.29 Å². The molecular weight excluding hydrogens is 282 g/mol. The van der Waals surface area contributed by atoms with Gasteiger partial charge in [-0.1, -0.05) is 6.42 Å². The second-order valence-electron chi connectivity index (χ2n) is 4.92. The van der Waals surface area contributed by atoms with Crippen LogP contribution in [-0.2, 0) is 23.6 Å². The third kappa shape index (κ3) is 3.16. The van der Waals surface area contributed by atoms with Crippen LogP contribution in [0.15, 0.2) is 17.2 Å². The van der Waals surface area contributed by atoms with Gasteiger partial charge in [-0.15, -0.1) is 0 Å². The summed E-state index contributed by atoms with van der Waals surface area (Å²) < 4.78 is 29.3. The second kappa shape index (κ2) is 5.87. The Balaban J connectivity index is 2.17. The number of hydrogen-bond donors (Lipinski definition) is 2. The van der Waals surface area contributed by atoms with Crippen molar-refractivity contribution in [2.24, 2.45) is 12.8 Å². The van der Waals surface area contributed by atoms with Crippen molar-refractivity contribution in [3.05, 3.63) is 18.0 Å². The summed E-state index contributed by atoms with van der Waals surface area (Å²) in [5, 5.41) is 0.382. The Kier molecular flexibility index (Phi) is 4.60. The second-order valence-corrected chi connectivity index (χ2v) is 7.71. The predicted octanol–water partition coefficient (Wildman–Crippen LogP) is 1.05. The third-order valence-corrected chi connectivity index (χ3v) is 6.29. The minimum atomic E-state index is -3.44. The minimum absolute atomic E-state index is 0.0431. The molecule has 0 aromatic carbocycles. The van der Waals surface area contributed by atoms with E-state index in [2.05, 4.69) is 4.72 Å². The fraction of sp³-hybridized carbons (Fsp3) is 0.667. The fourth-order valence-electron chi connectivity index (χ4n) is 2.54. The molecule has 1 fully saturated rings. The van der Waals surface area contributed by atoms with Gasteiger partial charge < -0.3 is 10.3 Å². The Morgan fingerprint density at radius 2 is 2.26 bits per heavy atom. The summed E-state index contributed by atoms with van der Waals surface area (Å²) >= 11 is 1.74. The molecule has 7 heteroatoms. The van der Waals surface area contributed by atoms with Crippen molar-refractivity contribution in [3.63, 3.8) is 0 Å². The lowest BCUT2D eigenvalue weighted by atomic mass is 10.3. The molecule has 1 aliphatic rings. The lowest BCUT2D eigenvalue weighted by Crippen LogP contribution is -2.38. The first kappa shape index (κ1) is 14.9. The Bertz CT molecular complexity index is 539. The smallest absolute Gasteiger partial charge is 0.242 e. The SMILES string of the molecule is CSC1CCCC1NS(=O)(=O)c1cc(CN)n(C)c1. The molecule has 5 nitrogen and oxygen atoms in total. The molecule has 0 radical (unpaired) electrons. The molecule has 1 aliphatic carbocycles.